The van der Waals surface area contributed by atoms with Crippen molar-refractivity contribution in [2.24, 2.45) is 0 Å². The van der Waals surface area contributed by atoms with Gasteiger partial charge in [0.25, 0.3) is 0 Å². The molecular weight excluding hydrogens is 290 g/mol. The van der Waals surface area contributed by atoms with E-state index in [0.29, 0.717) is 12.6 Å². The summed E-state index contributed by atoms with van der Waals surface area (Å²) in [5.74, 6) is 3.35. The normalized spacial score (nSPS) is 10.4. The van der Waals surface area contributed by atoms with E-state index in [4.69, 9.17) is 11.2 Å². The zero-order valence-electron chi connectivity index (χ0n) is 11.0. The maximum Gasteiger partial charge on any atom is 0.148 e. The summed E-state index contributed by atoms with van der Waals surface area (Å²) >= 11 is 3.48. The number of terminal acetylenes is 1. The van der Waals surface area contributed by atoms with E-state index in [0.717, 1.165) is 35.2 Å². The van der Waals surface area contributed by atoms with E-state index in [-0.39, 0.29) is 0 Å². The highest BCUT2D eigenvalue weighted by Crippen LogP contribution is 2.23. The van der Waals surface area contributed by atoms with Crippen LogP contribution in [0.25, 0.3) is 0 Å². The average Bonchev–Trinajstić information content (AvgIpc) is 2.39. The molecule has 98 valence electrons. The Hall–Kier alpha value is -0.980. The van der Waals surface area contributed by atoms with Gasteiger partial charge in [-0.2, -0.15) is 0 Å². The first-order chi connectivity index (χ1) is 8.71. The number of benzene rings is 1. The van der Waals surface area contributed by atoms with Gasteiger partial charge in [0.05, 0.1) is 0 Å². The smallest absolute Gasteiger partial charge is 0.148 e. The summed E-state index contributed by atoms with van der Waals surface area (Å²) in [6.45, 7) is 5.49. The van der Waals surface area contributed by atoms with Gasteiger partial charge in [-0.05, 0) is 31.0 Å². The van der Waals surface area contributed by atoms with Crippen LogP contribution in [0, 0.1) is 12.3 Å². The Balaban J connectivity index is 2.72. The van der Waals surface area contributed by atoms with Crippen molar-refractivity contribution >= 4 is 15.9 Å². The number of halogens is 1. The summed E-state index contributed by atoms with van der Waals surface area (Å²) in [6.07, 6.45) is 7.48. The van der Waals surface area contributed by atoms with Crippen molar-refractivity contribution in [2.45, 2.75) is 39.3 Å². The Labute approximate surface area is 118 Å². The minimum atomic E-state index is 0.305. The van der Waals surface area contributed by atoms with Crippen LogP contribution in [0.3, 0.4) is 0 Å². The lowest BCUT2D eigenvalue weighted by atomic mass is 10.1. The first kappa shape index (κ1) is 15.1. The Kier molecular flexibility index (Phi) is 6.85. The van der Waals surface area contributed by atoms with E-state index < -0.39 is 0 Å². The lowest BCUT2D eigenvalue weighted by molar-refractivity contribution is 0.362. The molecule has 18 heavy (non-hydrogen) atoms. The standard InChI is InChI=1S/C15H20BrNO/c1-4-9-18-15-8-7-13(16)10-12(15)11-17-14(5-2)6-3/h1,7-8,10,14,17H,5-6,9,11H2,2-3H3. The molecule has 0 amide bonds. The van der Waals surface area contributed by atoms with Gasteiger partial charge in [0, 0.05) is 22.6 Å². The van der Waals surface area contributed by atoms with E-state index in [9.17, 15) is 0 Å². The number of rotatable bonds is 7. The molecule has 0 unspecified atom stereocenters. The lowest BCUT2D eigenvalue weighted by Crippen LogP contribution is -2.27. The average molecular weight is 310 g/mol. The fourth-order valence-corrected chi connectivity index (χ4v) is 2.19. The zero-order valence-corrected chi connectivity index (χ0v) is 12.6. The molecule has 2 nitrogen and oxygen atoms in total. The summed E-state index contributed by atoms with van der Waals surface area (Å²) < 4.78 is 6.60. The van der Waals surface area contributed by atoms with E-state index in [1.807, 2.05) is 12.1 Å². The third kappa shape index (κ3) is 4.72. The quantitative estimate of drug-likeness (QED) is 0.775. The van der Waals surface area contributed by atoms with Crippen LogP contribution in [0.5, 0.6) is 5.75 Å². The predicted octanol–water partition coefficient (Wildman–Crippen LogP) is 3.74. The molecule has 0 heterocycles. The fraction of sp³-hybridized carbons (Fsp3) is 0.467. The van der Waals surface area contributed by atoms with E-state index >= 15 is 0 Å². The van der Waals surface area contributed by atoms with Crippen LogP contribution in [-0.2, 0) is 6.54 Å². The maximum atomic E-state index is 5.54. The van der Waals surface area contributed by atoms with Crippen LogP contribution >= 0.6 is 15.9 Å². The van der Waals surface area contributed by atoms with Crippen molar-refractivity contribution in [3.05, 3.63) is 28.2 Å². The van der Waals surface area contributed by atoms with Crippen LogP contribution < -0.4 is 10.1 Å². The summed E-state index contributed by atoms with van der Waals surface area (Å²) in [7, 11) is 0. The summed E-state index contributed by atoms with van der Waals surface area (Å²) in [5, 5.41) is 3.53. The largest absolute Gasteiger partial charge is 0.481 e. The number of hydrogen-bond acceptors (Lipinski definition) is 2. The Bertz CT molecular complexity index is 407. The third-order valence-electron chi connectivity index (χ3n) is 2.90. The van der Waals surface area contributed by atoms with Crippen LogP contribution in [0.15, 0.2) is 22.7 Å². The number of nitrogens with one attached hydrogen (secondary N) is 1. The minimum absolute atomic E-state index is 0.305. The molecule has 0 spiro atoms. The monoisotopic (exact) mass is 309 g/mol. The van der Waals surface area contributed by atoms with Crippen LogP contribution in [0.4, 0.5) is 0 Å². The van der Waals surface area contributed by atoms with Gasteiger partial charge in [0.15, 0.2) is 0 Å². The number of hydrogen-bond donors (Lipinski definition) is 1. The molecule has 0 bridgehead atoms. The van der Waals surface area contributed by atoms with Gasteiger partial charge in [-0.3, -0.25) is 0 Å². The van der Waals surface area contributed by atoms with Gasteiger partial charge in [-0.1, -0.05) is 35.7 Å². The highest BCUT2D eigenvalue weighted by atomic mass is 79.9. The zero-order chi connectivity index (χ0) is 13.4. The summed E-state index contributed by atoms with van der Waals surface area (Å²) in [6, 6.07) is 6.53. The van der Waals surface area contributed by atoms with Gasteiger partial charge >= 0.3 is 0 Å². The summed E-state index contributed by atoms with van der Waals surface area (Å²) in [5.41, 5.74) is 1.13. The lowest BCUT2D eigenvalue weighted by Gasteiger charge is -2.16. The third-order valence-corrected chi connectivity index (χ3v) is 3.39. The second kappa shape index (κ2) is 8.18. The predicted molar refractivity (Wildman–Crippen MR) is 79.7 cm³/mol. The molecule has 1 rings (SSSR count). The first-order valence-corrected chi connectivity index (χ1v) is 7.08. The van der Waals surface area contributed by atoms with Gasteiger partial charge in [0.2, 0.25) is 0 Å². The molecule has 0 saturated heterocycles. The van der Waals surface area contributed by atoms with Crippen LogP contribution in [0.2, 0.25) is 0 Å². The molecule has 1 N–H and O–H groups in total. The van der Waals surface area contributed by atoms with Crippen molar-refractivity contribution in [3.8, 4) is 18.1 Å². The topological polar surface area (TPSA) is 21.3 Å². The van der Waals surface area contributed by atoms with E-state index in [1.165, 1.54) is 0 Å². The van der Waals surface area contributed by atoms with Gasteiger partial charge in [0.1, 0.15) is 12.4 Å². The highest BCUT2D eigenvalue weighted by molar-refractivity contribution is 9.10. The minimum Gasteiger partial charge on any atom is -0.481 e. The molecule has 3 heteroatoms. The van der Waals surface area contributed by atoms with E-state index in [1.54, 1.807) is 0 Å². The van der Waals surface area contributed by atoms with Crippen molar-refractivity contribution < 1.29 is 4.74 Å². The molecule has 0 saturated carbocycles. The van der Waals surface area contributed by atoms with Crippen molar-refractivity contribution in [2.75, 3.05) is 6.61 Å². The van der Waals surface area contributed by atoms with Gasteiger partial charge in [-0.15, -0.1) is 6.42 Å². The molecule has 0 atom stereocenters. The second-order valence-corrected chi connectivity index (χ2v) is 5.05. The Morgan fingerprint density at radius 2 is 2.11 bits per heavy atom. The molecule has 0 aliphatic rings. The molecule has 1 aromatic carbocycles. The van der Waals surface area contributed by atoms with E-state index in [2.05, 4.69) is 47.1 Å². The van der Waals surface area contributed by atoms with Crippen molar-refractivity contribution in [1.29, 1.82) is 0 Å². The van der Waals surface area contributed by atoms with Crippen molar-refractivity contribution in [1.82, 2.24) is 5.32 Å². The van der Waals surface area contributed by atoms with Crippen LogP contribution in [0.1, 0.15) is 32.3 Å². The molecule has 0 aliphatic heterocycles. The molecule has 0 aromatic heterocycles. The maximum absolute atomic E-state index is 5.54. The van der Waals surface area contributed by atoms with Gasteiger partial charge < -0.3 is 10.1 Å². The Morgan fingerprint density at radius 3 is 2.72 bits per heavy atom. The highest BCUT2D eigenvalue weighted by Gasteiger charge is 2.07. The van der Waals surface area contributed by atoms with Crippen molar-refractivity contribution in [3.63, 3.8) is 0 Å². The number of ether oxygens (including phenoxy) is 1. The molecular formula is C15H20BrNO. The molecule has 0 fully saturated rings. The SMILES string of the molecule is C#CCOc1ccc(Br)cc1CNC(CC)CC. The molecule has 1 aromatic rings. The first-order valence-electron chi connectivity index (χ1n) is 6.29. The summed E-state index contributed by atoms with van der Waals surface area (Å²) in [4.78, 5) is 0. The molecule has 0 aliphatic carbocycles. The molecule has 0 radical (unpaired) electrons. The van der Waals surface area contributed by atoms with Gasteiger partial charge in [-0.25, -0.2) is 0 Å². The Morgan fingerprint density at radius 1 is 1.39 bits per heavy atom. The fourth-order valence-electron chi connectivity index (χ4n) is 1.78. The van der Waals surface area contributed by atoms with Crippen LogP contribution in [-0.4, -0.2) is 12.6 Å². The second-order valence-electron chi connectivity index (χ2n) is 4.14.